The summed E-state index contributed by atoms with van der Waals surface area (Å²) in [6.45, 7) is 4.41. The first kappa shape index (κ1) is 14.9. The van der Waals surface area contributed by atoms with Crippen LogP contribution < -0.4 is 4.74 Å². The van der Waals surface area contributed by atoms with Gasteiger partial charge in [-0.15, -0.1) is 0 Å². The molecule has 0 aliphatic carbocycles. The summed E-state index contributed by atoms with van der Waals surface area (Å²) in [5.41, 5.74) is 0.224. The molecule has 1 aromatic heterocycles. The highest BCUT2D eigenvalue weighted by Crippen LogP contribution is 2.20. The Morgan fingerprint density at radius 1 is 1.44 bits per heavy atom. The van der Waals surface area contributed by atoms with Crippen molar-refractivity contribution in [2.45, 2.75) is 46.1 Å². The monoisotopic (exact) mass is 255 g/mol. The van der Waals surface area contributed by atoms with Gasteiger partial charge in [0, 0.05) is 11.8 Å². The summed E-state index contributed by atoms with van der Waals surface area (Å²) in [6.07, 6.45) is 5.88. The number of aliphatic hydroxyl groups is 1. The zero-order valence-electron chi connectivity index (χ0n) is 11.2. The van der Waals surface area contributed by atoms with Crippen LogP contribution >= 0.6 is 0 Å². The van der Waals surface area contributed by atoms with Crippen molar-refractivity contribution in [2.75, 3.05) is 6.61 Å². The molecule has 3 nitrogen and oxygen atoms in total. The molecule has 1 heterocycles. The fourth-order valence-electron chi connectivity index (χ4n) is 1.78. The highest BCUT2D eigenvalue weighted by Gasteiger charge is 2.12. The minimum atomic E-state index is -0.551. The number of hydrogen-bond donors (Lipinski definition) is 1. The molecule has 0 spiro atoms. The Labute approximate surface area is 108 Å². The van der Waals surface area contributed by atoms with Gasteiger partial charge in [0.05, 0.1) is 13.2 Å². The number of ether oxygens (including phenoxy) is 1. The lowest BCUT2D eigenvalue weighted by Gasteiger charge is -2.15. The van der Waals surface area contributed by atoms with E-state index < -0.39 is 5.82 Å². The van der Waals surface area contributed by atoms with Crippen LogP contribution in [-0.2, 0) is 6.61 Å². The number of rotatable bonds is 8. The summed E-state index contributed by atoms with van der Waals surface area (Å²) in [5.74, 6) is -0.120. The minimum absolute atomic E-state index is 0.00324. The first-order valence-electron chi connectivity index (χ1n) is 6.59. The van der Waals surface area contributed by atoms with Crippen LogP contribution in [0.25, 0.3) is 0 Å². The van der Waals surface area contributed by atoms with Gasteiger partial charge in [-0.3, -0.25) is 0 Å². The standard InChI is InChI=1S/C14H22FNO2/c1-3-5-6-11(4-2)10-18-14-13(15)12(9-17)7-8-16-14/h7-8,11,17H,3-6,9-10H2,1-2H3. The van der Waals surface area contributed by atoms with Crippen molar-refractivity contribution in [1.82, 2.24) is 4.98 Å². The van der Waals surface area contributed by atoms with Gasteiger partial charge in [0.15, 0.2) is 5.82 Å². The molecule has 1 rings (SSSR count). The summed E-state index contributed by atoms with van der Waals surface area (Å²) in [6, 6.07) is 1.45. The predicted octanol–water partition coefficient (Wildman–Crippen LogP) is 3.31. The second-order valence-corrected chi connectivity index (χ2v) is 4.47. The minimum Gasteiger partial charge on any atom is -0.475 e. The lowest BCUT2D eigenvalue weighted by atomic mass is 10.0. The van der Waals surface area contributed by atoms with Crippen molar-refractivity contribution in [3.63, 3.8) is 0 Å². The fraction of sp³-hybridized carbons (Fsp3) is 0.643. The molecule has 0 radical (unpaired) electrons. The van der Waals surface area contributed by atoms with Gasteiger partial charge in [0.1, 0.15) is 0 Å². The molecule has 0 bridgehead atoms. The third kappa shape index (κ3) is 4.26. The van der Waals surface area contributed by atoms with E-state index in [4.69, 9.17) is 9.84 Å². The molecular formula is C14H22FNO2. The van der Waals surface area contributed by atoms with E-state index in [1.165, 1.54) is 12.3 Å². The van der Waals surface area contributed by atoms with Crippen molar-refractivity contribution < 1.29 is 14.2 Å². The quantitative estimate of drug-likeness (QED) is 0.775. The summed E-state index contributed by atoms with van der Waals surface area (Å²) in [5, 5.41) is 8.96. The maximum atomic E-state index is 13.7. The molecule has 4 heteroatoms. The normalized spacial score (nSPS) is 12.4. The van der Waals surface area contributed by atoms with Crippen LogP contribution in [0.2, 0.25) is 0 Å². The molecule has 0 saturated carbocycles. The molecule has 0 fully saturated rings. The second kappa shape index (κ2) is 8.03. The van der Waals surface area contributed by atoms with Gasteiger partial charge in [0.2, 0.25) is 0 Å². The Bertz CT molecular complexity index is 358. The number of aromatic nitrogens is 1. The maximum absolute atomic E-state index is 13.7. The summed E-state index contributed by atoms with van der Waals surface area (Å²) in [7, 11) is 0. The Hall–Kier alpha value is -1.16. The Kier molecular flexibility index (Phi) is 6.65. The molecule has 0 aromatic carbocycles. The van der Waals surface area contributed by atoms with E-state index in [-0.39, 0.29) is 18.1 Å². The zero-order valence-corrected chi connectivity index (χ0v) is 11.2. The topological polar surface area (TPSA) is 42.4 Å². The number of unbranched alkanes of at least 4 members (excludes halogenated alkanes) is 1. The molecule has 0 saturated heterocycles. The number of nitrogens with zero attached hydrogens (tertiary/aromatic N) is 1. The van der Waals surface area contributed by atoms with E-state index >= 15 is 0 Å². The van der Waals surface area contributed by atoms with Crippen molar-refractivity contribution in [3.8, 4) is 5.88 Å². The van der Waals surface area contributed by atoms with Crippen molar-refractivity contribution in [3.05, 3.63) is 23.6 Å². The average molecular weight is 255 g/mol. The van der Waals surface area contributed by atoms with Gasteiger partial charge < -0.3 is 9.84 Å². The predicted molar refractivity (Wildman–Crippen MR) is 68.9 cm³/mol. The highest BCUT2D eigenvalue weighted by molar-refractivity contribution is 5.22. The van der Waals surface area contributed by atoms with Gasteiger partial charge in [-0.2, -0.15) is 0 Å². The van der Waals surface area contributed by atoms with Crippen LogP contribution in [0.5, 0.6) is 5.88 Å². The summed E-state index contributed by atoms with van der Waals surface area (Å²) in [4.78, 5) is 3.87. The van der Waals surface area contributed by atoms with E-state index in [0.717, 1.165) is 25.7 Å². The first-order chi connectivity index (χ1) is 8.72. The molecule has 1 atom stereocenters. The van der Waals surface area contributed by atoms with Crippen LogP contribution in [-0.4, -0.2) is 16.7 Å². The summed E-state index contributed by atoms with van der Waals surface area (Å²) < 4.78 is 19.2. The average Bonchev–Trinajstić information content (AvgIpc) is 2.40. The molecule has 1 aromatic rings. The maximum Gasteiger partial charge on any atom is 0.250 e. The van der Waals surface area contributed by atoms with Gasteiger partial charge in [-0.1, -0.05) is 33.1 Å². The molecule has 0 aliphatic rings. The third-order valence-electron chi connectivity index (χ3n) is 3.11. The lowest BCUT2D eigenvalue weighted by Crippen LogP contribution is -2.13. The van der Waals surface area contributed by atoms with Crippen LogP contribution in [0.4, 0.5) is 4.39 Å². The van der Waals surface area contributed by atoms with Crippen molar-refractivity contribution in [1.29, 1.82) is 0 Å². The Balaban J connectivity index is 2.56. The Morgan fingerprint density at radius 3 is 2.83 bits per heavy atom. The lowest BCUT2D eigenvalue weighted by molar-refractivity contribution is 0.213. The fourth-order valence-corrected chi connectivity index (χ4v) is 1.78. The largest absolute Gasteiger partial charge is 0.475 e. The molecule has 102 valence electrons. The van der Waals surface area contributed by atoms with Crippen LogP contribution in [0, 0.1) is 11.7 Å². The second-order valence-electron chi connectivity index (χ2n) is 4.47. The van der Waals surface area contributed by atoms with E-state index in [0.29, 0.717) is 12.5 Å². The van der Waals surface area contributed by atoms with E-state index in [9.17, 15) is 4.39 Å². The van der Waals surface area contributed by atoms with Crippen LogP contribution in [0.15, 0.2) is 12.3 Å². The van der Waals surface area contributed by atoms with Crippen molar-refractivity contribution >= 4 is 0 Å². The molecule has 1 N–H and O–H groups in total. The Morgan fingerprint density at radius 2 is 2.22 bits per heavy atom. The number of aliphatic hydroxyl groups excluding tert-OH is 1. The van der Waals surface area contributed by atoms with E-state index in [1.54, 1.807) is 0 Å². The van der Waals surface area contributed by atoms with E-state index in [1.807, 2.05) is 0 Å². The SMILES string of the molecule is CCCCC(CC)COc1nccc(CO)c1F. The molecule has 18 heavy (non-hydrogen) atoms. The van der Waals surface area contributed by atoms with Crippen LogP contribution in [0.1, 0.15) is 45.1 Å². The number of pyridine rings is 1. The van der Waals surface area contributed by atoms with Gasteiger partial charge in [-0.25, -0.2) is 9.37 Å². The smallest absolute Gasteiger partial charge is 0.250 e. The van der Waals surface area contributed by atoms with Crippen molar-refractivity contribution in [2.24, 2.45) is 5.92 Å². The van der Waals surface area contributed by atoms with Gasteiger partial charge in [0.25, 0.3) is 5.88 Å². The highest BCUT2D eigenvalue weighted by atomic mass is 19.1. The summed E-state index contributed by atoms with van der Waals surface area (Å²) >= 11 is 0. The van der Waals surface area contributed by atoms with Crippen LogP contribution in [0.3, 0.4) is 0 Å². The molecule has 0 amide bonds. The first-order valence-corrected chi connectivity index (χ1v) is 6.59. The van der Waals surface area contributed by atoms with E-state index in [2.05, 4.69) is 18.8 Å². The third-order valence-corrected chi connectivity index (χ3v) is 3.11. The molecule has 0 aliphatic heterocycles. The van der Waals surface area contributed by atoms with Gasteiger partial charge in [-0.05, 0) is 18.4 Å². The number of halogens is 1. The molecule has 1 unspecified atom stereocenters. The molecular weight excluding hydrogens is 233 g/mol. The number of hydrogen-bond acceptors (Lipinski definition) is 3. The zero-order chi connectivity index (χ0) is 13.4. The van der Waals surface area contributed by atoms with Gasteiger partial charge >= 0.3 is 0 Å².